The highest BCUT2D eigenvalue weighted by molar-refractivity contribution is 7.81. The molecule has 1 atom stereocenters. The molecule has 1 aromatic rings. The zero-order valence-electron chi connectivity index (χ0n) is 7.57. The highest BCUT2D eigenvalue weighted by atomic mass is 32.1. The first-order valence-electron chi connectivity index (χ1n) is 4.14. The van der Waals surface area contributed by atoms with E-state index in [2.05, 4.69) is 28.0 Å². The van der Waals surface area contributed by atoms with Crippen molar-refractivity contribution in [2.45, 2.75) is 5.50 Å². The average Bonchev–Trinajstić information content (AvgIpc) is 2.55. The topological polar surface area (TPSA) is 50.4 Å². The predicted octanol–water partition coefficient (Wildman–Crippen LogP) is 1.52. The summed E-state index contributed by atoms with van der Waals surface area (Å²) in [6.07, 6.45) is 0. The van der Waals surface area contributed by atoms with Crippen LogP contribution in [-0.2, 0) is 4.74 Å². The Balaban J connectivity index is 2.33. The van der Waals surface area contributed by atoms with E-state index in [-0.39, 0.29) is 11.5 Å². The number of esters is 1. The van der Waals surface area contributed by atoms with Gasteiger partial charge in [0.15, 0.2) is 0 Å². The summed E-state index contributed by atoms with van der Waals surface area (Å²) in [4.78, 5) is 11.2. The number of anilines is 2. The molecule has 0 amide bonds. The van der Waals surface area contributed by atoms with Crippen LogP contribution in [0.4, 0.5) is 11.4 Å². The van der Waals surface area contributed by atoms with E-state index in [1.165, 1.54) is 7.11 Å². The molecule has 2 rings (SSSR count). The van der Waals surface area contributed by atoms with E-state index in [4.69, 9.17) is 0 Å². The lowest BCUT2D eigenvalue weighted by atomic mass is 10.2. The van der Waals surface area contributed by atoms with Crippen LogP contribution >= 0.6 is 12.6 Å². The highest BCUT2D eigenvalue weighted by Crippen LogP contribution is 2.30. The van der Waals surface area contributed by atoms with Crippen LogP contribution in [0.3, 0.4) is 0 Å². The summed E-state index contributed by atoms with van der Waals surface area (Å²) in [6, 6.07) is 5.28. The van der Waals surface area contributed by atoms with Crippen molar-refractivity contribution in [2.24, 2.45) is 0 Å². The zero-order valence-corrected chi connectivity index (χ0v) is 8.47. The van der Waals surface area contributed by atoms with E-state index in [0.29, 0.717) is 5.56 Å². The van der Waals surface area contributed by atoms with Crippen LogP contribution in [0.15, 0.2) is 18.2 Å². The van der Waals surface area contributed by atoms with Gasteiger partial charge >= 0.3 is 5.97 Å². The van der Waals surface area contributed by atoms with Crippen LogP contribution < -0.4 is 10.6 Å². The Bertz CT molecular complexity index is 381. The predicted molar refractivity (Wildman–Crippen MR) is 57.8 cm³/mol. The van der Waals surface area contributed by atoms with Gasteiger partial charge in [0.2, 0.25) is 0 Å². The molecule has 1 aromatic carbocycles. The largest absolute Gasteiger partial charge is 0.465 e. The molecule has 0 saturated heterocycles. The van der Waals surface area contributed by atoms with E-state index in [1.54, 1.807) is 12.1 Å². The maximum Gasteiger partial charge on any atom is 0.337 e. The number of ether oxygens (including phenoxy) is 1. The third-order valence-corrected chi connectivity index (χ3v) is 2.28. The average molecular weight is 210 g/mol. The fraction of sp³-hybridized carbons (Fsp3) is 0.222. The summed E-state index contributed by atoms with van der Waals surface area (Å²) in [6.45, 7) is 0. The van der Waals surface area contributed by atoms with Crippen molar-refractivity contribution in [2.75, 3.05) is 17.7 Å². The minimum absolute atomic E-state index is 0.0992. The second kappa shape index (κ2) is 3.42. The minimum atomic E-state index is -0.336. The SMILES string of the molecule is COC(=O)c1ccc2c(c1)NC(S)N2. The van der Waals surface area contributed by atoms with Crippen LogP contribution in [0.1, 0.15) is 10.4 Å². The molecule has 4 nitrogen and oxygen atoms in total. The Kier molecular flexibility index (Phi) is 2.25. The van der Waals surface area contributed by atoms with Gasteiger partial charge in [0.1, 0.15) is 5.50 Å². The number of thiol groups is 1. The van der Waals surface area contributed by atoms with Gasteiger partial charge in [-0.3, -0.25) is 0 Å². The Hall–Kier alpha value is -1.36. The second-order valence-electron chi connectivity index (χ2n) is 2.94. The van der Waals surface area contributed by atoms with Crippen molar-refractivity contribution in [3.63, 3.8) is 0 Å². The number of hydrogen-bond acceptors (Lipinski definition) is 5. The smallest absolute Gasteiger partial charge is 0.337 e. The molecule has 5 heteroatoms. The molecule has 1 aliphatic rings. The molecule has 1 heterocycles. The van der Waals surface area contributed by atoms with Gasteiger partial charge in [0, 0.05) is 0 Å². The van der Waals surface area contributed by atoms with Crippen molar-refractivity contribution < 1.29 is 9.53 Å². The van der Waals surface area contributed by atoms with Crippen molar-refractivity contribution in [3.05, 3.63) is 23.8 Å². The van der Waals surface area contributed by atoms with Gasteiger partial charge in [-0.1, -0.05) is 0 Å². The molecule has 0 fully saturated rings. The first-order chi connectivity index (χ1) is 6.70. The Labute approximate surface area is 87.1 Å². The van der Waals surface area contributed by atoms with Gasteiger partial charge in [0.05, 0.1) is 24.0 Å². The van der Waals surface area contributed by atoms with Gasteiger partial charge in [-0.05, 0) is 18.2 Å². The molecular formula is C9H10N2O2S. The monoisotopic (exact) mass is 210 g/mol. The van der Waals surface area contributed by atoms with E-state index >= 15 is 0 Å². The molecule has 0 spiro atoms. The van der Waals surface area contributed by atoms with E-state index in [0.717, 1.165) is 11.4 Å². The third-order valence-electron chi connectivity index (χ3n) is 2.03. The van der Waals surface area contributed by atoms with Crippen molar-refractivity contribution >= 4 is 30.0 Å². The molecule has 74 valence electrons. The van der Waals surface area contributed by atoms with Gasteiger partial charge in [-0.25, -0.2) is 4.79 Å². The first-order valence-corrected chi connectivity index (χ1v) is 4.66. The summed E-state index contributed by atoms with van der Waals surface area (Å²) in [5.74, 6) is -0.336. The van der Waals surface area contributed by atoms with Gasteiger partial charge in [-0.2, -0.15) is 0 Å². The molecule has 0 aromatic heterocycles. The molecule has 0 aliphatic carbocycles. The molecule has 1 unspecified atom stereocenters. The van der Waals surface area contributed by atoms with Crippen LogP contribution in [0.2, 0.25) is 0 Å². The van der Waals surface area contributed by atoms with Crippen LogP contribution in [0, 0.1) is 0 Å². The number of rotatable bonds is 1. The second-order valence-corrected chi connectivity index (χ2v) is 3.46. The first kappa shape index (κ1) is 9.21. The Morgan fingerprint density at radius 3 is 2.86 bits per heavy atom. The number of hydrogen-bond donors (Lipinski definition) is 3. The van der Waals surface area contributed by atoms with Crippen molar-refractivity contribution in [3.8, 4) is 0 Å². The van der Waals surface area contributed by atoms with E-state index in [9.17, 15) is 4.79 Å². The molecule has 2 N–H and O–H groups in total. The number of fused-ring (bicyclic) bond motifs is 1. The van der Waals surface area contributed by atoms with Gasteiger partial charge in [-0.15, -0.1) is 12.6 Å². The zero-order chi connectivity index (χ0) is 10.1. The quantitative estimate of drug-likeness (QED) is 0.486. The molecule has 0 bridgehead atoms. The Morgan fingerprint density at radius 2 is 2.14 bits per heavy atom. The normalized spacial score (nSPS) is 18.0. The van der Waals surface area contributed by atoms with Gasteiger partial charge in [0.25, 0.3) is 0 Å². The maximum atomic E-state index is 11.2. The standard InChI is InChI=1S/C9H10N2O2S/c1-13-8(12)5-2-3-6-7(4-5)11-9(14)10-6/h2-4,9-11,14H,1H3. The molecule has 14 heavy (non-hydrogen) atoms. The third kappa shape index (κ3) is 1.50. The number of carbonyl (C=O) groups excluding carboxylic acids is 1. The molecule has 1 aliphatic heterocycles. The van der Waals surface area contributed by atoms with Crippen LogP contribution in [-0.4, -0.2) is 18.6 Å². The lowest BCUT2D eigenvalue weighted by Crippen LogP contribution is -2.13. The molecule has 0 saturated carbocycles. The van der Waals surface area contributed by atoms with Crippen molar-refractivity contribution in [1.82, 2.24) is 0 Å². The van der Waals surface area contributed by atoms with Crippen LogP contribution in [0.5, 0.6) is 0 Å². The van der Waals surface area contributed by atoms with Crippen LogP contribution in [0.25, 0.3) is 0 Å². The Morgan fingerprint density at radius 1 is 1.43 bits per heavy atom. The van der Waals surface area contributed by atoms with Gasteiger partial charge < -0.3 is 15.4 Å². The number of methoxy groups -OCH3 is 1. The summed E-state index contributed by atoms with van der Waals surface area (Å²) in [5, 5.41) is 6.14. The lowest BCUT2D eigenvalue weighted by molar-refractivity contribution is 0.0601. The van der Waals surface area contributed by atoms with Crippen molar-refractivity contribution in [1.29, 1.82) is 0 Å². The number of carbonyl (C=O) groups is 1. The minimum Gasteiger partial charge on any atom is -0.465 e. The highest BCUT2D eigenvalue weighted by Gasteiger charge is 2.17. The van der Waals surface area contributed by atoms with E-state index in [1.807, 2.05) is 6.07 Å². The summed E-state index contributed by atoms with van der Waals surface area (Å²) >= 11 is 4.21. The number of benzene rings is 1. The summed E-state index contributed by atoms with van der Waals surface area (Å²) in [5.41, 5.74) is 2.24. The fourth-order valence-corrected chi connectivity index (χ4v) is 1.64. The molecular weight excluding hydrogens is 200 g/mol. The molecule has 0 radical (unpaired) electrons. The summed E-state index contributed by atoms with van der Waals surface area (Å²) < 4.78 is 4.62. The van der Waals surface area contributed by atoms with E-state index < -0.39 is 0 Å². The lowest BCUT2D eigenvalue weighted by Gasteiger charge is -2.02. The summed E-state index contributed by atoms with van der Waals surface area (Å²) in [7, 11) is 1.36. The maximum absolute atomic E-state index is 11.2. The number of nitrogens with one attached hydrogen (secondary N) is 2. The fourth-order valence-electron chi connectivity index (χ4n) is 1.37.